The van der Waals surface area contributed by atoms with Gasteiger partial charge in [-0.1, -0.05) is 55.8 Å². The van der Waals surface area contributed by atoms with E-state index in [1.54, 1.807) is 24.0 Å². The van der Waals surface area contributed by atoms with Crippen LogP contribution in [0.15, 0.2) is 55.6 Å². The Hall–Kier alpha value is -3.50. The lowest BCUT2D eigenvalue weighted by Crippen LogP contribution is -2.58. The molecule has 3 fully saturated rings. The number of carbonyl (C=O) groups excluding carboxylic acids is 4. The second-order valence-electron chi connectivity index (χ2n) is 12.2. The number of ether oxygens (including phenoxy) is 2. The summed E-state index contributed by atoms with van der Waals surface area (Å²) in [6.07, 6.45) is 5.31. The maximum absolute atomic E-state index is 14.3. The fourth-order valence-corrected chi connectivity index (χ4v) is 7.35. The van der Waals surface area contributed by atoms with E-state index in [9.17, 15) is 24.3 Å². The molecular weight excluding hydrogens is 562 g/mol. The lowest BCUT2D eigenvalue weighted by molar-refractivity contribution is -0.162. The third kappa shape index (κ3) is 6.33. The molecule has 1 aromatic rings. The number of allylic oxidation sites excluding steroid dienone is 1. The predicted octanol–water partition coefficient (Wildman–Crippen LogP) is 3.31. The molecule has 3 saturated heterocycles. The summed E-state index contributed by atoms with van der Waals surface area (Å²) in [5, 5.41) is 12.8. The van der Waals surface area contributed by atoms with Gasteiger partial charge in [-0.3, -0.25) is 19.2 Å². The minimum absolute atomic E-state index is 0.0478. The van der Waals surface area contributed by atoms with Crippen LogP contribution in [0.4, 0.5) is 0 Å². The van der Waals surface area contributed by atoms with E-state index in [1.807, 2.05) is 44.2 Å². The zero-order chi connectivity index (χ0) is 32.0. The van der Waals surface area contributed by atoms with Crippen LogP contribution in [0.2, 0.25) is 0 Å². The molecule has 2 bridgehead atoms. The van der Waals surface area contributed by atoms with Crippen LogP contribution >= 0.6 is 0 Å². The minimum atomic E-state index is -1.20. The Morgan fingerprint density at radius 2 is 1.95 bits per heavy atom. The third-order valence-electron chi connectivity index (χ3n) is 9.28. The summed E-state index contributed by atoms with van der Waals surface area (Å²) in [5.74, 6) is -3.28. The highest BCUT2D eigenvalue weighted by Crippen LogP contribution is 2.59. The Labute approximate surface area is 260 Å². The predicted molar refractivity (Wildman–Crippen MR) is 165 cm³/mol. The van der Waals surface area contributed by atoms with E-state index in [-0.39, 0.29) is 43.3 Å². The van der Waals surface area contributed by atoms with E-state index in [0.717, 1.165) is 12.8 Å². The molecule has 3 aliphatic rings. The smallest absolute Gasteiger partial charge is 0.313 e. The second-order valence-corrected chi connectivity index (χ2v) is 12.2. The lowest BCUT2D eigenvalue weighted by atomic mass is 9.70. The zero-order valence-corrected chi connectivity index (χ0v) is 26.2. The molecule has 240 valence electrons. The summed E-state index contributed by atoms with van der Waals surface area (Å²) >= 11 is 0. The molecule has 4 rings (SSSR count). The van der Waals surface area contributed by atoms with Gasteiger partial charge in [-0.15, -0.1) is 13.2 Å². The normalized spacial score (nSPS) is 27.3. The average Bonchev–Trinajstić information content (AvgIpc) is 3.65. The highest BCUT2D eigenvalue weighted by Gasteiger charge is 2.75. The standard InChI is InChI=1S/C34H47N3O7/c1-6-9-16-26(39)35-23(5)29(24-14-11-10-12-15-24)43-33(42)27-25-17-18-34(44-25)28(27)31(40)37(20-21-38)30(34)32(41)36(19-8-3)22(4)13-7-2/h6,8,10-12,14-15,22-23,25,27-30,38H,1,3,7,9,13,16-21H2,2,4-5H3,(H,35,39)/t22?,23-,25+,27-,28-,29-,30+,34-/m0/s1. The number of nitrogens with zero attached hydrogens (tertiary/aromatic N) is 2. The van der Waals surface area contributed by atoms with Crippen molar-refractivity contribution in [3.63, 3.8) is 0 Å². The quantitative estimate of drug-likeness (QED) is 0.218. The summed E-state index contributed by atoms with van der Waals surface area (Å²) in [4.78, 5) is 58.1. The van der Waals surface area contributed by atoms with E-state index in [0.29, 0.717) is 31.4 Å². The van der Waals surface area contributed by atoms with Crippen LogP contribution in [0.25, 0.3) is 0 Å². The number of hydrogen-bond donors (Lipinski definition) is 2. The van der Waals surface area contributed by atoms with Crippen LogP contribution in [-0.2, 0) is 28.7 Å². The first-order valence-corrected chi connectivity index (χ1v) is 15.8. The summed E-state index contributed by atoms with van der Waals surface area (Å²) in [7, 11) is 0. The third-order valence-corrected chi connectivity index (χ3v) is 9.28. The SMILES string of the molecule is C=CCCC(=O)N[C@@H](C)[C@H](OC(=O)[C@@H]1[C@H]2C(=O)N(CCO)[C@H](C(=O)N(CC=C)C(C)CCC)[C@]23CC[C@H]1O3)c1ccccc1. The fraction of sp³-hybridized carbons (Fsp3) is 0.588. The highest BCUT2D eigenvalue weighted by atomic mass is 16.6. The van der Waals surface area contributed by atoms with Crippen molar-refractivity contribution in [2.75, 3.05) is 19.7 Å². The van der Waals surface area contributed by atoms with Gasteiger partial charge in [0.15, 0.2) is 0 Å². The monoisotopic (exact) mass is 609 g/mol. The van der Waals surface area contributed by atoms with Gasteiger partial charge >= 0.3 is 5.97 Å². The van der Waals surface area contributed by atoms with Crippen LogP contribution in [0.3, 0.4) is 0 Å². The van der Waals surface area contributed by atoms with Crippen molar-refractivity contribution in [2.45, 2.75) is 95.2 Å². The first kappa shape index (κ1) is 33.4. The molecule has 0 radical (unpaired) electrons. The van der Waals surface area contributed by atoms with Crippen molar-refractivity contribution in [3.05, 3.63) is 61.2 Å². The number of hydrogen-bond acceptors (Lipinski definition) is 7. The molecule has 8 atom stereocenters. The summed E-state index contributed by atoms with van der Waals surface area (Å²) in [6, 6.07) is 7.54. The molecule has 0 aromatic heterocycles. The van der Waals surface area contributed by atoms with E-state index in [4.69, 9.17) is 9.47 Å². The van der Waals surface area contributed by atoms with Crippen molar-refractivity contribution in [3.8, 4) is 0 Å². The molecule has 1 unspecified atom stereocenters. The minimum Gasteiger partial charge on any atom is -0.455 e. The van der Waals surface area contributed by atoms with E-state index < -0.39 is 47.7 Å². The van der Waals surface area contributed by atoms with Gasteiger partial charge in [-0.2, -0.15) is 0 Å². The van der Waals surface area contributed by atoms with Crippen LogP contribution < -0.4 is 5.32 Å². The number of aliphatic hydroxyl groups is 1. The molecule has 0 saturated carbocycles. The molecule has 3 aliphatic heterocycles. The second kappa shape index (κ2) is 14.5. The van der Waals surface area contributed by atoms with Crippen LogP contribution in [0.5, 0.6) is 0 Å². The number of nitrogens with one attached hydrogen (secondary N) is 1. The summed E-state index contributed by atoms with van der Waals surface area (Å²) in [5.41, 5.74) is -0.496. The Morgan fingerprint density at radius 3 is 2.59 bits per heavy atom. The number of esters is 1. The maximum Gasteiger partial charge on any atom is 0.313 e. The number of rotatable bonds is 16. The number of aliphatic hydroxyl groups excluding tert-OH is 1. The Morgan fingerprint density at radius 1 is 1.23 bits per heavy atom. The van der Waals surface area contributed by atoms with E-state index >= 15 is 0 Å². The van der Waals surface area contributed by atoms with Gasteiger partial charge in [-0.05, 0) is 45.1 Å². The molecular formula is C34H47N3O7. The van der Waals surface area contributed by atoms with Crippen molar-refractivity contribution < 1.29 is 33.8 Å². The highest BCUT2D eigenvalue weighted by molar-refractivity contribution is 5.98. The number of likely N-dealkylation sites (tertiary alicyclic amines) is 1. The van der Waals surface area contributed by atoms with Crippen molar-refractivity contribution >= 4 is 23.7 Å². The number of benzene rings is 1. The fourth-order valence-electron chi connectivity index (χ4n) is 7.35. The van der Waals surface area contributed by atoms with Crippen molar-refractivity contribution in [1.29, 1.82) is 0 Å². The first-order valence-electron chi connectivity index (χ1n) is 15.8. The molecule has 10 heteroatoms. The van der Waals surface area contributed by atoms with Crippen LogP contribution in [0, 0.1) is 11.8 Å². The van der Waals surface area contributed by atoms with Gasteiger partial charge in [0.05, 0.1) is 30.6 Å². The number of amides is 3. The Bertz CT molecular complexity index is 1220. The molecule has 3 heterocycles. The molecule has 10 nitrogen and oxygen atoms in total. The summed E-state index contributed by atoms with van der Waals surface area (Å²) < 4.78 is 12.7. The van der Waals surface area contributed by atoms with Gasteiger partial charge in [0.1, 0.15) is 17.7 Å². The van der Waals surface area contributed by atoms with Gasteiger partial charge in [0, 0.05) is 25.6 Å². The number of fused-ring (bicyclic) bond motifs is 1. The van der Waals surface area contributed by atoms with Gasteiger partial charge in [0.25, 0.3) is 0 Å². The molecule has 1 spiro atoms. The topological polar surface area (TPSA) is 125 Å². The van der Waals surface area contributed by atoms with E-state index in [2.05, 4.69) is 18.5 Å². The van der Waals surface area contributed by atoms with Crippen molar-refractivity contribution in [1.82, 2.24) is 15.1 Å². The molecule has 44 heavy (non-hydrogen) atoms. The van der Waals surface area contributed by atoms with Crippen LogP contribution in [-0.4, -0.2) is 88.1 Å². The van der Waals surface area contributed by atoms with Gasteiger partial charge in [0.2, 0.25) is 17.7 Å². The average molecular weight is 610 g/mol. The number of β-amino-alcohol motifs (C(OH)–C–C–N with tert-alkyl or cyclic N) is 1. The van der Waals surface area contributed by atoms with Gasteiger partial charge in [-0.25, -0.2) is 0 Å². The molecule has 3 amide bonds. The molecule has 0 aliphatic carbocycles. The number of carbonyl (C=O) groups is 4. The Kier molecular flexibility index (Phi) is 11.0. The Balaban J connectivity index is 1.64. The molecule has 2 N–H and O–H groups in total. The molecule has 1 aromatic carbocycles. The van der Waals surface area contributed by atoms with E-state index in [1.165, 1.54) is 4.90 Å². The maximum atomic E-state index is 14.3. The summed E-state index contributed by atoms with van der Waals surface area (Å²) in [6.45, 7) is 13.2. The first-order chi connectivity index (χ1) is 21.1. The zero-order valence-electron chi connectivity index (χ0n) is 26.2. The largest absolute Gasteiger partial charge is 0.455 e. The lowest BCUT2D eigenvalue weighted by Gasteiger charge is -2.38. The van der Waals surface area contributed by atoms with Crippen LogP contribution in [0.1, 0.15) is 71.0 Å². The van der Waals surface area contributed by atoms with Gasteiger partial charge < -0.3 is 29.7 Å². The van der Waals surface area contributed by atoms with Crippen molar-refractivity contribution in [2.24, 2.45) is 11.8 Å².